The Morgan fingerprint density at radius 3 is 2.59 bits per heavy atom. The number of carboxylic acid groups (broad SMARTS) is 1. The van der Waals surface area contributed by atoms with Gasteiger partial charge in [0.2, 0.25) is 0 Å². The lowest BCUT2D eigenvalue weighted by Gasteiger charge is -2.09. The first-order chi connectivity index (χ1) is 15.4. The minimum absolute atomic E-state index is 0.278. The normalized spacial score (nSPS) is 12.2. The number of nitrogens with zero attached hydrogens (tertiary/aromatic N) is 4. The quantitative estimate of drug-likeness (QED) is 0.431. The summed E-state index contributed by atoms with van der Waals surface area (Å²) in [6.45, 7) is 4.74. The first-order valence-electron chi connectivity index (χ1n) is 10.4. The molecule has 0 saturated heterocycles. The number of imidazole rings is 1. The van der Waals surface area contributed by atoms with E-state index in [-0.39, 0.29) is 6.42 Å². The Morgan fingerprint density at radius 2 is 1.94 bits per heavy atom. The molecule has 3 N–H and O–H groups in total. The van der Waals surface area contributed by atoms with Gasteiger partial charge in [0.1, 0.15) is 17.4 Å². The zero-order chi connectivity index (χ0) is 22.7. The van der Waals surface area contributed by atoms with Gasteiger partial charge in [0.25, 0.3) is 0 Å². The third-order valence-corrected chi connectivity index (χ3v) is 5.36. The van der Waals surface area contributed by atoms with Crippen LogP contribution in [0.2, 0.25) is 0 Å². The number of rotatable bonds is 8. The van der Waals surface area contributed by atoms with E-state index in [1.54, 1.807) is 35.4 Å². The van der Waals surface area contributed by atoms with E-state index in [9.17, 15) is 9.90 Å². The van der Waals surface area contributed by atoms with E-state index in [4.69, 9.17) is 10.3 Å². The van der Waals surface area contributed by atoms with Gasteiger partial charge < -0.3 is 19.9 Å². The van der Waals surface area contributed by atoms with E-state index in [0.717, 1.165) is 16.8 Å². The molecule has 164 valence electrons. The van der Waals surface area contributed by atoms with Crippen LogP contribution in [0.1, 0.15) is 48.2 Å². The molecule has 4 rings (SSSR count). The highest BCUT2D eigenvalue weighted by Crippen LogP contribution is 2.24. The largest absolute Gasteiger partial charge is 0.481 e. The highest BCUT2D eigenvalue weighted by Gasteiger charge is 2.23. The van der Waals surface area contributed by atoms with Crippen LogP contribution >= 0.6 is 0 Å². The Balaban J connectivity index is 1.46. The van der Waals surface area contributed by atoms with E-state index in [0.29, 0.717) is 29.7 Å². The molecule has 0 fully saturated rings. The zero-order valence-corrected chi connectivity index (χ0v) is 18.0. The monoisotopic (exact) mass is 431 g/mol. The van der Waals surface area contributed by atoms with Crippen molar-refractivity contribution in [2.24, 2.45) is 0 Å². The maximum atomic E-state index is 11.8. The van der Waals surface area contributed by atoms with Gasteiger partial charge in [0.15, 0.2) is 5.76 Å². The number of nitrogens with two attached hydrogens (primary N) is 1. The molecule has 1 atom stereocenters. The summed E-state index contributed by atoms with van der Waals surface area (Å²) in [6, 6.07) is 13.6. The van der Waals surface area contributed by atoms with Gasteiger partial charge in [-0.25, -0.2) is 9.97 Å². The molecular weight excluding hydrogens is 406 g/mol. The van der Waals surface area contributed by atoms with Crippen LogP contribution < -0.4 is 5.73 Å². The zero-order valence-electron chi connectivity index (χ0n) is 18.0. The third-order valence-electron chi connectivity index (χ3n) is 5.36. The average molecular weight is 431 g/mol. The van der Waals surface area contributed by atoms with E-state index < -0.39 is 11.9 Å². The molecule has 0 radical (unpaired) electrons. The summed E-state index contributed by atoms with van der Waals surface area (Å²) in [5, 5.41) is 13.9. The highest BCUT2D eigenvalue weighted by atomic mass is 16.5. The van der Waals surface area contributed by atoms with Gasteiger partial charge in [-0.05, 0) is 29.5 Å². The fourth-order valence-corrected chi connectivity index (χ4v) is 3.50. The van der Waals surface area contributed by atoms with Crippen LogP contribution in [0.25, 0.3) is 11.3 Å². The van der Waals surface area contributed by atoms with E-state index in [2.05, 4.69) is 41.1 Å². The van der Waals surface area contributed by atoms with Crippen molar-refractivity contribution in [3.8, 4) is 11.3 Å². The number of aromatic nitrogens is 4. The number of aliphatic carboxylic acids is 1. The van der Waals surface area contributed by atoms with Crippen molar-refractivity contribution in [1.82, 2.24) is 19.7 Å². The SMILES string of the molecule is CC(C)c1ccc(-c2cc(Cn3cnc(C(Cc4ccc(N)nc4)C(=O)O)c3)no2)cc1. The summed E-state index contributed by atoms with van der Waals surface area (Å²) in [5.41, 5.74) is 9.82. The van der Waals surface area contributed by atoms with Crippen molar-refractivity contribution < 1.29 is 14.4 Å². The van der Waals surface area contributed by atoms with Gasteiger partial charge in [-0.15, -0.1) is 0 Å². The van der Waals surface area contributed by atoms with E-state index in [1.165, 1.54) is 5.56 Å². The molecule has 0 amide bonds. The fourth-order valence-electron chi connectivity index (χ4n) is 3.50. The first-order valence-corrected chi connectivity index (χ1v) is 10.4. The lowest BCUT2D eigenvalue weighted by atomic mass is 9.98. The van der Waals surface area contributed by atoms with Crippen LogP contribution in [0, 0.1) is 0 Å². The molecule has 32 heavy (non-hydrogen) atoms. The number of pyridine rings is 1. The lowest BCUT2D eigenvalue weighted by molar-refractivity contribution is -0.138. The highest BCUT2D eigenvalue weighted by molar-refractivity contribution is 5.75. The smallest absolute Gasteiger partial charge is 0.312 e. The maximum absolute atomic E-state index is 11.8. The first kappa shape index (κ1) is 21.3. The van der Waals surface area contributed by atoms with Crippen LogP contribution in [0.5, 0.6) is 0 Å². The van der Waals surface area contributed by atoms with Crippen molar-refractivity contribution in [1.29, 1.82) is 0 Å². The molecule has 0 aliphatic heterocycles. The summed E-state index contributed by atoms with van der Waals surface area (Å²) in [6.07, 6.45) is 5.21. The molecule has 0 spiro atoms. The summed E-state index contributed by atoms with van der Waals surface area (Å²) in [7, 11) is 0. The molecule has 0 aliphatic rings. The number of benzene rings is 1. The summed E-state index contributed by atoms with van der Waals surface area (Å²) in [5.74, 6) is -0.173. The van der Waals surface area contributed by atoms with Crippen molar-refractivity contribution in [2.75, 3.05) is 5.73 Å². The van der Waals surface area contributed by atoms with Crippen molar-refractivity contribution in [3.05, 3.63) is 83.7 Å². The topological polar surface area (TPSA) is 120 Å². The molecule has 1 aromatic carbocycles. The minimum Gasteiger partial charge on any atom is -0.481 e. The van der Waals surface area contributed by atoms with Crippen LogP contribution in [0.3, 0.4) is 0 Å². The Bertz CT molecular complexity index is 1190. The molecule has 0 aliphatic carbocycles. The number of nitrogen functional groups attached to an aromatic ring is 1. The third kappa shape index (κ3) is 4.85. The second kappa shape index (κ2) is 9.05. The van der Waals surface area contributed by atoms with Gasteiger partial charge in [-0.1, -0.05) is 49.3 Å². The number of carbonyl (C=O) groups is 1. The standard InChI is InChI=1S/C24H25N5O3/c1-15(2)17-4-6-18(7-5-17)22-10-19(28-32-22)12-29-13-21(27-14-29)20(24(30)31)9-16-3-8-23(25)26-11-16/h3-8,10-11,13-15,20H,9,12H2,1-2H3,(H2,25,26)(H,30,31). The molecule has 0 bridgehead atoms. The van der Waals surface area contributed by atoms with Crippen LogP contribution in [0.15, 0.2) is 65.7 Å². The van der Waals surface area contributed by atoms with Gasteiger partial charge in [0, 0.05) is 24.0 Å². The predicted octanol–water partition coefficient (Wildman–Crippen LogP) is 4.10. The maximum Gasteiger partial charge on any atom is 0.312 e. The van der Waals surface area contributed by atoms with E-state index in [1.807, 2.05) is 18.2 Å². The lowest BCUT2D eigenvalue weighted by Crippen LogP contribution is -2.15. The molecular formula is C24H25N5O3. The molecule has 8 nitrogen and oxygen atoms in total. The van der Waals surface area contributed by atoms with Crippen molar-refractivity contribution in [2.45, 2.75) is 38.6 Å². The molecule has 3 aromatic heterocycles. The van der Waals surface area contributed by atoms with Crippen molar-refractivity contribution in [3.63, 3.8) is 0 Å². The Kier molecular flexibility index (Phi) is 6.02. The summed E-state index contributed by atoms with van der Waals surface area (Å²) in [4.78, 5) is 20.2. The van der Waals surface area contributed by atoms with Crippen molar-refractivity contribution >= 4 is 11.8 Å². The Morgan fingerprint density at radius 1 is 1.16 bits per heavy atom. The molecule has 1 unspecified atom stereocenters. The summed E-state index contributed by atoms with van der Waals surface area (Å²) < 4.78 is 7.31. The molecule has 8 heteroatoms. The fraction of sp³-hybridized carbons (Fsp3) is 0.250. The summed E-state index contributed by atoms with van der Waals surface area (Å²) >= 11 is 0. The number of carboxylic acids is 1. The number of hydrogen-bond donors (Lipinski definition) is 2. The average Bonchev–Trinajstić information content (AvgIpc) is 3.43. The number of hydrogen-bond acceptors (Lipinski definition) is 6. The Hall–Kier alpha value is -3.94. The Labute approximate surface area is 185 Å². The van der Waals surface area contributed by atoms with Gasteiger partial charge in [0.05, 0.1) is 18.6 Å². The van der Waals surface area contributed by atoms with Crippen LogP contribution in [0.4, 0.5) is 5.82 Å². The van der Waals surface area contributed by atoms with E-state index >= 15 is 0 Å². The minimum atomic E-state index is -0.944. The number of anilines is 1. The second-order valence-electron chi connectivity index (χ2n) is 8.12. The van der Waals surface area contributed by atoms with Gasteiger partial charge >= 0.3 is 5.97 Å². The second-order valence-corrected chi connectivity index (χ2v) is 8.12. The van der Waals surface area contributed by atoms with Crippen LogP contribution in [-0.4, -0.2) is 30.8 Å². The predicted molar refractivity (Wildman–Crippen MR) is 120 cm³/mol. The molecule has 4 aromatic rings. The van der Waals surface area contributed by atoms with Crippen LogP contribution in [-0.2, 0) is 17.8 Å². The molecule has 3 heterocycles. The molecule has 0 saturated carbocycles. The van der Waals surface area contributed by atoms with Gasteiger partial charge in [-0.3, -0.25) is 4.79 Å². The van der Waals surface area contributed by atoms with Gasteiger partial charge in [-0.2, -0.15) is 0 Å².